The number of urea groups is 1. The first-order chi connectivity index (χ1) is 13.1. The molecule has 2 heterocycles. The summed E-state index contributed by atoms with van der Waals surface area (Å²) in [5.74, 6) is 0.543. The molecule has 0 spiro atoms. The number of carbonyl (C=O) groups is 1. The van der Waals surface area contributed by atoms with Crippen molar-refractivity contribution in [1.82, 2.24) is 14.7 Å². The number of benzene rings is 2. The number of aromatic nitrogens is 2. The van der Waals surface area contributed by atoms with Gasteiger partial charge in [-0.15, -0.1) is 0 Å². The van der Waals surface area contributed by atoms with Crippen molar-refractivity contribution in [2.45, 2.75) is 20.3 Å². The minimum absolute atomic E-state index is 0.0231. The Morgan fingerprint density at radius 3 is 2.59 bits per heavy atom. The van der Waals surface area contributed by atoms with Crippen LogP contribution in [0.15, 0.2) is 60.9 Å². The van der Waals surface area contributed by atoms with Gasteiger partial charge in [-0.05, 0) is 61.6 Å². The molecule has 1 fully saturated rings. The van der Waals surface area contributed by atoms with Gasteiger partial charge in [0.25, 0.3) is 0 Å². The van der Waals surface area contributed by atoms with Gasteiger partial charge in [-0.2, -0.15) is 5.10 Å². The molecule has 0 aliphatic carbocycles. The van der Waals surface area contributed by atoms with Crippen molar-refractivity contribution in [3.63, 3.8) is 0 Å². The molecule has 0 unspecified atom stereocenters. The van der Waals surface area contributed by atoms with Gasteiger partial charge in [0.05, 0.1) is 5.69 Å². The monoisotopic (exact) mass is 360 g/mol. The average molecular weight is 360 g/mol. The van der Waals surface area contributed by atoms with E-state index in [1.165, 1.54) is 11.1 Å². The zero-order valence-corrected chi connectivity index (χ0v) is 15.7. The summed E-state index contributed by atoms with van der Waals surface area (Å²) >= 11 is 0. The highest BCUT2D eigenvalue weighted by atomic mass is 16.2. The summed E-state index contributed by atoms with van der Waals surface area (Å²) < 4.78 is 1.81. The zero-order chi connectivity index (χ0) is 18.8. The molecule has 1 saturated heterocycles. The Morgan fingerprint density at radius 1 is 1.15 bits per heavy atom. The lowest BCUT2D eigenvalue weighted by Gasteiger charge is -2.39. The lowest BCUT2D eigenvalue weighted by Crippen LogP contribution is -2.52. The number of rotatable bonds is 4. The molecule has 1 aliphatic rings. The van der Waals surface area contributed by atoms with Crippen LogP contribution in [0.4, 0.5) is 10.5 Å². The molecule has 4 rings (SSSR count). The summed E-state index contributed by atoms with van der Waals surface area (Å²) in [6.45, 7) is 5.72. The minimum atomic E-state index is -0.0231. The van der Waals surface area contributed by atoms with Gasteiger partial charge in [-0.1, -0.05) is 29.8 Å². The van der Waals surface area contributed by atoms with Crippen molar-refractivity contribution in [3.8, 4) is 5.69 Å². The zero-order valence-electron chi connectivity index (χ0n) is 15.7. The van der Waals surface area contributed by atoms with Crippen LogP contribution in [-0.4, -0.2) is 33.8 Å². The van der Waals surface area contributed by atoms with Crippen molar-refractivity contribution in [2.24, 2.45) is 5.92 Å². The first-order valence-electron chi connectivity index (χ1n) is 9.30. The Morgan fingerprint density at radius 2 is 1.93 bits per heavy atom. The quantitative estimate of drug-likeness (QED) is 0.758. The number of nitrogens with one attached hydrogen (secondary N) is 1. The van der Waals surface area contributed by atoms with Gasteiger partial charge in [0.1, 0.15) is 0 Å². The molecule has 27 heavy (non-hydrogen) atoms. The Balaban J connectivity index is 1.32. The molecular weight excluding hydrogens is 336 g/mol. The van der Waals surface area contributed by atoms with Gasteiger partial charge in [0.2, 0.25) is 0 Å². The Bertz CT molecular complexity index is 925. The molecule has 5 nitrogen and oxygen atoms in total. The first-order valence-corrected chi connectivity index (χ1v) is 9.30. The van der Waals surface area contributed by atoms with Gasteiger partial charge in [-0.25, -0.2) is 9.48 Å². The number of carbonyl (C=O) groups excluding carboxylic acids is 1. The van der Waals surface area contributed by atoms with Crippen molar-refractivity contribution >= 4 is 11.7 Å². The second-order valence-corrected chi connectivity index (χ2v) is 7.34. The molecule has 138 valence electrons. The fourth-order valence-corrected chi connectivity index (χ4v) is 3.47. The number of aryl methyl sites for hydroxylation is 2. The van der Waals surface area contributed by atoms with Crippen molar-refractivity contribution < 1.29 is 4.79 Å². The number of hydrogen-bond acceptors (Lipinski definition) is 2. The van der Waals surface area contributed by atoms with Crippen molar-refractivity contribution in [1.29, 1.82) is 0 Å². The third kappa shape index (κ3) is 3.87. The third-order valence-electron chi connectivity index (χ3n) is 5.11. The van der Waals surface area contributed by atoms with Crippen LogP contribution in [0.3, 0.4) is 0 Å². The fourth-order valence-electron chi connectivity index (χ4n) is 3.47. The van der Waals surface area contributed by atoms with Gasteiger partial charge < -0.3 is 10.2 Å². The maximum Gasteiger partial charge on any atom is 0.321 e. The maximum atomic E-state index is 12.5. The molecule has 5 heteroatoms. The smallest absolute Gasteiger partial charge is 0.321 e. The van der Waals surface area contributed by atoms with Gasteiger partial charge >= 0.3 is 6.03 Å². The van der Waals surface area contributed by atoms with Crippen LogP contribution in [0, 0.1) is 19.8 Å². The number of hydrogen-bond donors (Lipinski definition) is 1. The van der Waals surface area contributed by atoms with Crippen molar-refractivity contribution in [3.05, 3.63) is 77.6 Å². The van der Waals surface area contributed by atoms with Gasteiger partial charge in [-0.3, -0.25) is 0 Å². The van der Waals surface area contributed by atoms with E-state index in [4.69, 9.17) is 0 Å². The van der Waals surface area contributed by atoms with Crippen LogP contribution in [0.1, 0.15) is 16.7 Å². The summed E-state index contributed by atoms with van der Waals surface area (Å²) in [6.07, 6.45) is 4.69. The van der Waals surface area contributed by atoms with E-state index < -0.39 is 0 Å². The van der Waals surface area contributed by atoms with E-state index in [-0.39, 0.29) is 6.03 Å². The predicted octanol–water partition coefficient (Wildman–Crippen LogP) is 4.20. The highest BCUT2D eigenvalue weighted by Crippen LogP contribution is 2.24. The van der Waals surface area contributed by atoms with E-state index in [0.717, 1.165) is 36.4 Å². The predicted molar refractivity (Wildman–Crippen MR) is 107 cm³/mol. The summed E-state index contributed by atoms with van der Waals surface area (Å²) in [6, 6.07) is 16.5. The molecule has 2 aromatic carbocycles. The summed E-state index contributed by atoms with van der Waals surface area (Å²) in [4.78, 5) is 14.4. The van der Waals surface area contributed by atoms with Crippen LogP contribution in [0.5, 0.6) is 0 Å². The molecular formula is C22H24N4O. The summed E-state index contributed by atoms with van der Waals surface area (Å²) in [7, 11) is 0. The Hall–Kier alpha value is -3.08. The van der Waals surface area contributed by atoms with Crippen LogP contribution in [0.25, 0.3) is 5.69 Å². The highest BCUT2D eigenvalue weighted by molar-refractivity contribution is 5.90. The normalized spacial score (nSPS) is 14.1. The number of amides is 2. The molecule has 2 amide bonds. The van der Waals surface area contributed by atoms with Gasteiger partial charge in [0, 0.05) is 31.2 Å². The number of nitrogens with zero attached hydrogens (tertiary/aromatic N) is 3. The van der Waals surface area contributed by atoms with E-state index in [2.05, 4.69) is 41.6 Å². The van der Waals surface area contributed by atoms with E-state index in [1.807, 2.05) is 47.0 Å². The van der Waals surface area contributed by atoms with Crippen LogP contribution in [-0.2, 0) is 6.42 Å². The minimum Gasteiger partial charge on any atom is -0.324 e. The van der Waals surface area contributed by atoms with Crippen LogP contribution < -0.4 is 5.32 Å². The highest BCUT2D eigenvalue weighted by Gasteiger charge is 2.30. The molecule has 0 radical (unpaired) electrons. The van der Waals surface area contributed by atoms with E-state index in [1.54, 1.807) is 6.20 Å². The number of anilines is 1. The molecule has 0 saturated carbocycles. The molecule has 0 atom stereocenters. The second-order valence-electron chi connectivity index (χ2n) is 7.34. The van der Waals surface area contributed by atoms with Crippen molar-refractivity contribution in [2.75, 3.05) is 18.4 Å². The maximum absolute atomic E-state index is 12.5. The summed E-state index contributed by atoms with van der Waals surface area (Å²) in [5, 5.41) is 7.27. The summed E-state index contributed by atoms with van der Waals surface area (Å²) in [5.41, 5.74) is 5.47. The fraction of sp³-hybridized carbons (Fsp3) is 0.273. The molecule has 1 N–H and O–H groups in total. The Labute approximate surface area is 159 Å². The topological polar surface area (TPSA) is 50.2 Å². The van der Waals surface area contributed by atoms with E-state index in [9.17, 15) is 4.79 Å². The average Bonchev–Trinajstić information content (AvgIpc) is 3.15. The molecule has 3 aromatic rings. The largest absolute Gasteiger partial charge is 0.324 e. The SMILES string of the molecule is Cc1ccc(CC2CN(C(=O)Nc3ccc(-n4cccn4)cc3C)C2)cc1. The second kappa shape index (κ2) is 7.27. The van der Waals surface area contributed by atoms with Crippen LogP contribution in [0.2, 0.25) is 0 Å². The van der Waals surface area contributed by atoms with Gasteiger partial charge in [0.15, 0.2) is 0 Å². The Kier molecular flexibility index (Phi) is 4.67. The first kappa shape index (κ1) is 17.3. The third-order valence-corrected chi connectivity index (χ3v) is 5.11. The molecule has 1 aromatic heterocycles. The van der Waals surface area contributed by atoms with E-state index >= 15 is 0 Å². The van der Waals surface area contributed by atoms with E-state index in [0.29, 0.717) is 5.92 Å². The lowest BCUT2D eigenvalue weighted by atomic mass is 9.92. The lowest BCUT2D eigenvalue weighted by molar-refractivity contribution is 0.131. The molecule has 0 bridgehead atoms. The van der Waals surface area contributed by atoms with Crippen LogP contribution >= 0.6 is 0 Å². The standard InChI is InChI=1S/C22H24N4O/c1-16-4-6-18(7-5-16)13-19-14-25(15-19)22(27)24-21-9-8-20(12-17(21)2)26-11-3-10-23-26/h3-12,19H,13-15H2,1-2H3,(H,24,27). The molecule has 1 aliphatic heterocycles. The number of likely N-dealkylation sites (tertiary alicyclic amines) is 1.